The Hall–Kier alpha value is -0.640. The monoisotopic (exact) mass is 568 g/mol. The van der Waals surface area contributed by atoms with E-state index < -0.39 is 41.8 Å². The number of hydrogen-bond acceptors (Lipinski definition) is 11. The number of aromatic nitrogens is 1. The van der Waals surface area contributed by atoms with Crippen molar-refractivity contribution in [1.82, 2.24) is 15.2 Å². The Balaban J connectivity index is 0.00000241. The third-order valence-electron chi connectivity index (χ3n) is 6.65. The molecule has 5 atom stereocenters. The number of thioether (sulfide) groups is 1. The molecule has 2 N–H and O–H groups in total. The molecule has 3 aliphatic rings. The second-order valence-corrected chi connectivity index (χ2v) is 11.6. The van der Waals surface area contributed by atoms with Crippen molar-refractivity contribution in [2.45, 2.75) is 51.1 Å². The molecule has 2 fully saturated rings. The number of fused-ring (bicyclic) bond motifs is 1. The molecular formula is C22H26N4Na2O7S2. The number of rotatable bonds is 9. The van der Waals surface area contributed by atoms with Crippen LogP contribution in [0.5, 0.6) is 0 Å². The normalized spacial score (nSPS) is 24.4. The van der Waals surface area contributed by atoms with Crippen LogP contribution in [0.15, 0.2) is 16.0 Å². The summed E-state index contributed by atoms with van der Waals surface area (Å²) in [4.78, 5) is 56.0. The van der Waals surface area contributed by atoms with E-state index in [1.807, 2.05) is 11.8 Å². The van der Waals surface area contributed by atoms with Gasteiger partial charge in [-0.25, -0.2) is 4.98 Å². The van der Waals surface area contributed by atoms with Gasteiger partial charge in [0.25, 0.3) is 5.91 Å². The molecule has 0 spiro atoms. The Labute approximate surface area is 267 Å². The summed E-state index contributed by atoms with van der Waals surface area (Å²) >= 11 is 2.65. The maximum absolute atomic E-state index is 12.4. The average molecular weight is 569 g/mol. The number of aliphatic hydroxyl groups is 1. The van der Waals surface area contributed by atoms with Crippen LogP contribution in [-0.2, 0) is 14.4 Å². The summed E-state index contributed by atoms with van der Waals surface area (Å²) < 4.78 is 0. The molecular weight excluding hydrogens is 542 g/mol. The van der Waals surface area contributed by atoms with Crippen LogP contribution in [0.25, 0.3) is 0 Å². The van der Waals surface area contributed by atoms with Crippen LogP contribution < -0.4 is 79.5 Å². The van der Waals surface area contributed by atoms with E-state index in [1.54, 1.807) is 19.2 Å². The van der Waals surface area contributed by atoms with Crippen molar-refractivity contribution in [3.63, 3.8) is 0 Å². The van der Waals surface area contributed by atoms with Crippen molar-refractivity contribution in [1.29, 1.82) is 0 Å². The minimum absolute atomic E-state index is 0. The number of aliphatic hydroxyl groups excluding tert-OH is 1. The second kappa shape index (κ2) is 12.7. The fraction of sp³-hybridized carbons (Fsp3) is 0.591. The van der Waals surface area contributed by atoms with Crippen LogP contribution in [0.3, 0.4) is 0 Å². The van der Waals surface area contributed by atoms with Crippen LogP contribution in [-0.4, -0.2) is 75.3 Å². The Morgan fingerprint density at radius 1 is 1.22 bits per heavy atom. The molecule has 2 saturated heterocycles. The van der Waals surface area contributed by atoms with Gasteiger partial charge in [-0.15, -0.1) is 23.1 Å². The van der Waals surface area contributed by atoms with Crippen molar-refractivity contribution < 1.29 is 93.6 Å². The van der Waals surface area contributed by atoms with Gasteiger partial charge in [-0.1, -0.05) is 20.8 Å². The molecule has 1 aromatic rings. The van der Waals surface area contributed by atoms with Crippen LogP contribution in [0.4, 0.5) is 5.13 Å². The summed E-state index contributed by atoms with van der Waals surface area (Å²) in [5.41, 5.74) is 0.0140. The minimum Gasteiger partial charge on any atom is -0.548 e. The van der Waals surface area contributed by atoms with Crippen LogP contribution in [0.1, 0.15) is 38.2 Å². The number of aliphatic carboxylic acids is 2. The zero-order valence-corrected chi connectivity index (χ0v) is 27.2. The van der Waals surface area contributed by atoms with Crippen molar-refractivity contribution in [2.75, 3.05) is 18.0 Å². The van der Waals surface area contributed by atoms with Gasteiger partial charge >= 0.3 is 59.1 Å². The first kappa shape index (κ1) is 32.6. The Bertz CT molecular complexity index is 1110. The fourth-order valence-corrected chi connectivity index (χ4v) is 7.09. The number of carboxylic acid groups (broad SMARTS) is 2. The molecule has 190 valence electrons. The maximum Gasteiger partial charge on any atom is 1.00 e. The summed E-state index contributed by atoms with van der Waals surface area (Å²) in [6.45, 7) is 7.84. The predicted molar refractivity (Wildman–Crippen MR) is 124 cm³/mol. The summed E-state index contributed by atoms with van der Waals surface area (Å²) in [6, 6.07) is -1.51. The number of β-lactam (4-membered cyclic amide) rings is 1. The SMILES string of the molecule is CC(C)[C@H](NC(=O)c1csc(N2CC(SC3=C(C(=O)[O-])N4C(=O)[C@H]([C@@H](C)O)[C@H]4[C@H]3C)C2)n1)C(=O)[O-].[Na+].[Na+]. The molecule has 3 aliphatic heterocycles. The topological polar surface area (TPSA) is 166 Å². The number of carbonyl (C=O) groups is 4. The van der Waals surface area contributed by atoms with E-state index in [9.17, 15) is 34.5 Å². The van der Waals surface area contributed by atoms with E-state index in [4.69, 9.17) is 0 Å². The van der Waals surface area contributed by atoms with Crippen molar-refractivity contribution in [3.8, 4) is 0 Å². The van der Waals surface area contributed by atoms with Crippen LogP contribution in [0.2, 0.25) is 0 Å². The standard InChI is InChI=1S/C22H28N4O7S2.2Na/c1-8(2)14(20(30)31)24-18(28)12-7-34-22(23-12)25-5-11(6-25)35-17-9(3)15-13(10(4)27)19(29)26(15)16(17)21(32)33;;/h7-11,13-15,27H,5-6H2,1-4H3,(H,24,28)(H,30,31)(H,32,33);;/q;2*+1/p-2/t9-,10-,13-,14+,15-;;/m1../s1. The molecule has 37 heavy (non-hydrogen) atoms. The van der Waals surface area contributed by atoms with Gasteiger partial charge in [0, 0.05) is 34.5 Å². The molecule has 1 aromatic heterocycles. The van der Waals surface area contributed by atoms with Crippen LogP contribution >= 0.6 is 23.1 Å². The summed E-state index contributed by atoms with van der Waals surface area (Å²) in [5.74, 6) is -4.94. The average Bonchev–Trinajstić information content (AvgIpc) is 3.29. The van der Waals surface area contributed by atoms with E-state index in [2.05, 4.69) is 10.3 Å². The smallest absolute Gasteiger partial charge is 0.548 e. The Morgan fingerprint density at radius 2 is 1.84 bits per heavy atom. The summed E-state index contributed by atoms with van der Waals surface area (Å²) in [6.07, 6.45) is -0.864. The Morgan fingerprint density at radius 3 is 2.35 bits per heavy atom. The van der Waals surface area contributed by atoms with Crippen molar-refractivity contribution >= 4 is 52.0 Å². The van der Waals surface area contributed by atoms with E-state index in [1.165, 1.54) is 34.9 Å². The molecule has 2 amide bonds. The van der Waals surface area contributed by atoms with Gasteiger partial charge in [0.2, 0.25) is 5.91 Å². The van der Waals surface area contributed by atoms with Gasteiger partial charge in [0.1, 0.15) is 5.69 Å². The third kappa shape index (κ3) is 6.09. The van der Waals surface area contributed by atoms with Gasteiger partial charge in [-0.3, -0.25) is 9.59 Å². The Kier molecular flexibility index (Phi) is 11.2. The molecule has 0 aromatic carbocycles. The third-order valence-corrected chi connectivity index (χ3v) is 9.00. The second-order valence-electron chi connectivity index (χ2n) is 9.43. The number of amides is 2. The zero-order valence-electron chi connectivity index (χ0n) is 21.6. The van der Waals surface area contributed by atoms with Crippen molar-refractivity contribution in [2.24, 2.45) is 17.8 Å². The number of thiazole rings is 1. The fourth-order valence-electron chi connectivity index (χ4n) is 4.74. The number of nitrogens with zero attached hydrogens (tertiary/aromatic N) is 3. The van der Waals surface area contributed by atoms with E-state index >= 15 is 0 Å². The van der Waals surface area contributed by atoms with Gasteiger partial charge < -0.3 is 40.0 Å². The van der Waals surface area contributed by atoms with Gasteiger partial charge in [0.15, 0.2) is 5.13 Å². The quantitative estimate of drug-likeness (QED) is 0.216. The molecule has 0 radical (unpaired) electrons. The first-order valence-corrected chi connectivity index (χ1v) is 13.0. The summed E-state index contributed by atoms with van der Waals surface area (Å²) in [5, 5.41) is 37.6. The molecule has 0 aliphatic carbocycles. The molecule has 0 saturated carbocycles. The van der Waals surface area contributed by atoms with Crippen molar-refractivity contribution in [3.05, 3.63) is 21.7 Å². The first-order valence-electron chi connectivity index (χ1n) is 11.3. The minimum atomic E-state index is -1.40. The number of anilines is 1. The largest absolute Gasteiger partial charge is 1.00 e. The first-order chi connectivity index (χ1) is 16.4. The predicted octanol–water partition coefficient (Wildman–Crippen LogP) is -7.60. The number of hydrogen-bond donors (Lipinski definition) is 2. The maximum atomic E-state index is 12.4. The molecule has 0 unspecified atom stereocenters. The molecule has 0 bridgehead atoms. The molecule has 11 nitrogen and oxygen atoms in total. The van der Waals surface area contributed by atoms with Gasteiger partial charge in [-0.2, -0.15) is 0 Å². The van der Waals surface area contributed by atoms with Gasteiger partial charge in [-0.05, 0) is 12.8 Å². The van der Waals surface area contributed by atoms with E-state index in [0.29, 0.717) is 23.1 Å². The zero-order chi connectivity index (χ0) is 25.8. The number of carboxylic acids is 2. The van der Waals surface area contributed by atoms with Crippen LogP contribution in [0, 0.1) is 17.8 Å². The molecule has 4 heterocycles. The molecule has 4 rings (SSSR count). The molecule has 15 heteroatoms. The van der Waals surface area contributed by atoms with E-state index in [0.717, 1.165) is 0 Å². The number of carbonyl (C=O) groups excluding carboxylic acids is 4. The number of nitrogens with one attached hydrogen (secondary N) is 1. The summed E-state index contributed by atoms with van der Waals surface area (Å²) in [7, 11) is 0. The van der Waals surface area contributed by atoms with Gasteiger partial charge in [0.05, 0.1) is 41.7 Å². The van der Waals surface area contributed by atoms with E-state index in [-0.39, 0.29) is 93.6 Å².